The predicted octanol–water partition coefficient (Wildman–Crippen LogP) is 33.7. The van der Waals surface area contributed by atoms with Gasteiger partial charge in [0.15, 0.2) is 0 Å². The molecule has 12 heterocycles. The summed E-state index contributed by atoms with van der Waals surface area (Å²) in [5.41, 5.74) is 32.3. The molecule has 0 spiro atoms. The van der Waals surface area contributed by atoms with Crippen LogP contribution in [0.5, 0.6) is 0 Å². The fourth-order valence-electron chi connectivity index (χ4n) is 23.7. The van der Waals surface area contributed by atoms with Crippen molar-refractivity contribution < 1.29 is 0 Å². The minimum atomic E-state index is 1.04. The van der Waals surface area contributed by atoms with Gasteiger partial charge in [0.1, 0.15) is 5.65 Å². The summed E-state index contributed by atoms with van der Waals surface area (Å²) < 4.78 is 25.5. The molecule has 0 fully saturated rings. The first-order valence-electron chi connectivity index (χ1n) is 49.7. The summed E-state index contributed by atoms with van der Waals surface area (Å²) in [7, 11) is 12.8. The summed E-state index contributed by atoms with van der Waals surface area (Å²) in [6, 6.07) is 169. The van der Waals surface area contributed by atoms with Gasteiger partial charge in [-0.15, -0.1) is 0 Å². The second-order valence-corrected chi connectivity index (χ2v) is 38.0. The van der Waals surface area contributed by atoms with Gasteiger partial charge >= 0.3 is 0 Å². The van der Waals surface area contributed by atoms with Gasteiger partial charge in [-0.3, -0.25) is 0 Å². The Morgan fingerprint density at radius 2 is 0.421 bits per heavy atom. The van der Waals surface area contributed by atoms with E-state index < -0.39 is 0 Å². The van der Waals surface area contributed by atoms with Gasteiger partial charge in [-0.25, -0.2) is 4.98 Å². The first-order chi connectivity index (χ1) is 71.6. The monoisotopic (exact) mass is 1860 g/mol. The zero-order chi connectivity index (χ0) is 96.8. The molecule has 12 nitrogen and oxygen atoms in total. The molecule has 0 N–H and O–H groups in total. The number of para-hydroxylation sites is 15. The molecule has 0 saturated heterocycles. The lowest BCUT2D eigenvalue weighted by molar-refractivity contribution is 0.948. The molecule has 32 rings (SSSR count). The lowest BCUT2D eigenvalue weighted by Gasteiger charge is -2.09. The standard InChI is InChI=1S/5C25H18N2.C8H8N2/c1-26-22-13-7-5-11-18(22)20-16-25-21(15-24(20)26)19-12-6-8-14-23(19)27(25)17-9-3-2-4-10-17;1-26-22-13-7-5-11-18(22)20-15-21-19-12-6-8-14-23(19)27(25(21)16-24(20)26)17-9-3-2-4-10-17;1-26-21-13-7-5-11-18(21)19-15-16-23-24(25(19)26)20-12-6-8-14-22(20)27(23)17-9-3-2-4-10-17;1-26-22-13-7-5-11-18(22)20-15-16-21-19-12-6-8-14-23(19)27(25(21)24(20)26)17-9-3-2-4-10-17;1-26-20-13-7-5-11-18(20)24-22(26)15-16-23-25(24)19-12-6-8-14-21(19)27(23)17-9-3-2-4-10-17;1-10-6-4-7-3-2-5-9-8(7)10/h5*2-16H,1H3;2-6H,1H3. The van der Waals surface area contributed by atoms with Crippen LogP contribution < -0.4 is 0 Å². The van der Waals surface area contributed by atoms with E-state index in [1.54, 1.807) is 0 Å². The van der Waals surface area contributed by atoms with Crippen LogP contribution >= 0.6 is 0 Å². The minimum absolute atomic E-state index is 1.04. The Labute approximate surface area is 834 Å². The third kappa shape index (κ3) is 13.5. The molecule has 20 aromatic carbocycles. The van der Waals surface area contributed by atoms with Crippen molar-refractivity contribution in [3.63, 3.8) is 0 Å². The lowest BCUT2D eigenvalue weighted by atomic mass is 10.1. The number of pyridine rings is 1. The summed E-state index contributed by atoms with van der Waals surface area (Å²) in [6.07, 6.45) is 3.82. The maximum atomic E-state index is 4.20. The van der Waals surface area contributed by atoms with Crippen molar-refractivity contribution in [1.29, 1.82) is 0 Å². The van der Waals surface area contributed by atoms with Gasteiger partial charge < -0.3 is 50.2 Å². The third-order valence-corrected chi connectivity index (χ3v) is 30.2. The lowest BCUT2D eigenvalue weighted by Crippen LogP contribution is -1.96. The average molecular weight is 1860 g/mol. The average Bonchev–Trinajstić information content (AvgIpc) is 1.56. The summed E-state index contributed by atoms with van der Waals surface area (Å²) in [4.78, 5) is 4.20. The smallest absolute Gasteiger partial charge is 0.139 e. The molecule has 0 aliphatic rings. The fraction of sp³-hybridized carbons (Fsp3) is 0.0451. The number of hydrogen-bond donors (Lipinski definition) is 0. The molecule has 12 heteroatoms. The second kappa shape index (κ2) is 34.6. The van der Waals surface area contributed by atoms with Gasteiger partial charge in [-0.2, -0.15) is 0 Å². The number of aromatic nitrogens is 12. The first kappa shape index (κ1) is 85.3. The van der Waals surface area contributed by atoms with E-state index in [1.165, 1.54) is 252 Å². The maximum Gasteiger partial charge on any atom is 0.139 e. The zero-order valence-corrected chi connectivity index (χ0v) is 81.1. The maximum absolute atomic E-state index is 4.20. The van der Waals surface area contributed by atoms with Gasteiger partial charge in [0.05, 0.1) is 71.7 Å². The zero-order valence-electron chi connectivity index (χ0n) is 81.1. The van der Waals surface area contributed by atoms with E-state index >= 15 is 0 Å². The Balaban J connectivity index is 0.0000000878. The van der Waals surface area contributed by atoms with Crippen LogP contribution in [0, 0.1) is 0 Å². The van der Waals surface area contributed by atoms with Crippen molar-refractivity contribution in [1.82, 2.24) is 55.2 Å². The number of hydrogen-bond acceptors (Lipinski definition) is 1. The van der Waals surface area contributed by atoms with Crippen molar-refractivity contribution in [2.45, 2.75) is 0 Å². The Morgan fingerprint density at radius 3 is 0.890 bits per heavy atom. The van der Waals surface area contributed by atoms with Gasteiger partial charge in [-0.05, 0) is 182 Å². The van der Waals surface area contributed by atoms with E-state index in [1.807, 2.05) is 30.1 Å². The van der Waals surface area contributed by atoms with Crippen LogP contribution in [0.3, 0.4) is 0 Å². The molecule has 0 amide bonds. The van der Waals surface area contributed by atoms with Gasteiger partial charge in [-0.1, -0.05) is 291 Å². The Morgan fingerprint density at radius 1 is 0.152 bits per heavy atom. The third-order valence-electron chi connectivity index (χ3n) is 30.2. The van der Waals surface area contributed by atoms with Crippen LogP contribution in [-0.2, 0) is 42.3 Å². The molecule has 0 bridgehead atoms. The Bertz CT molecular complexity index is 10600. The highest BCUT2D eigenvalue weighted by Crippen LogP contribution is 2.47. The molecule has 0 saturated carbocycles. The summed E-state index contributed by atoms with van der Waals surface area (Å²) in [6.45, 7) is 0. The molecule has 0 radical (unpaired) electrons. The van der Waals surface area contributed by atoms with Crippen molar-refractivity contribution in [3.05, 3.63) is 486 Å². The molecule has 145 heavy (non-hydrogen) atoms. The van der Waals surface area contributed by atoms with E-state index in [0.29, 0.717) is 0 Å². The van der Waals surface area contributed by atoms with Gasteiger partial charge in [0.2, 0.25) is 0 Å². The van der Waals surface area contributed by atoms with Crippen molar-refractivity contribution in [2.24, 2.45) is 42.3 Å². The van der Waals surface area contributed by atoms with Crippen molar-refractivity contribution in [2.75, 3.05) is 0 Å². The van der Waals surface area contributed by atoms with Crippen LogP contribution in [0.4, 0.5) is 0 Å². The summed E-state index contributed by atoms with van der Waals surface area (Å²) >= 11 is 0. The number of rotatable bonds is 5. The van der Waals surface area contributed by atoms with Crippen LogP contribution in [-0.4, -0.2) is 55.2 Å². The molecule has 12 aromatic heterocycles. The molecule has 690 valence electrons. The van der Waals surface area contributed by atoms with Crippen LogP contribution in [0.25, 0.3) is 258 Å². The van der Waals surface area contributed by atoms with Crippen LogP contribution in [0.15, 0.2) is 486 Å². The van der Waals surface area contributed by atoms with Crippen LogP contribution in [0.2, 0.25) is 0 Å². The largest absolute Gasteiger partial charge is 0.344 e. The van der Waals surface area contributed by atoms with E-state index in [2.05, 4.69) is 553 Å². The van der Waals surface area contributed by atoms with E-state index in [-0.39, 0.29) is 0 Å². The highest BCUT2D eigenvalue weighted by molar-refractivity contribution is 6.30. The number of fused-ring (bicyclic) bond motifs is 34. The van der Waals surface area contributed by atoms with E-state index in [9.17, 15) is 0 Å². The summed E-state index contributed by atoms with van der Waals surface area (Å²) in [5.74, 6) is 0. The molecule has 0 aliphatic carbocycles. The predicted molar refractivity (Wildman–Crippen MR) is 615 cm³/mol. The molecular weight excluding hydrogens is 1770 g/mol. The number of benzene rings is 20. The second-order valence-electron chi connectivity index (χ2n) is 38.0. The molecular formula is C133H98N12. The number of nitrogens with zero attached hydrogens (tertiary/aromatic N) is 12. The van der Waals surface area contributed by atoms with E-state index in [0.717, 1.165) is 5.65 Å². The Kier molecular flexibility index (Phi) is 20.3. The molecule has 0 unspecified atom stereocenters. The topological polar surface area (TPSA) is 67.1 Å². The molecule has 32 aromatic rings. The highest BCUT2D eigenvalue weighted by atomic mass is 15.1. The van der Waals surface area contributed by atoms with Gasteiger partial charge in [0, 0.05) is 235 Å². The van der Waals surface area contributed by atoms with Gasteiger partial charge in [0.25, 0.3) is 0 Å². The highest BCUT2D eigenvalue weighted by Gasteiger charge is 2.26. The van der Waals surface area contributed by atoms with Crippen molar-refractivity contribution in [3.8, 4) is 28.4 Å². The van der Waals surface area contributed by atoms with Crippen LogP contribution in [0.1, 0.15) is 0 Å². The quantitative estimate of drug-likeness (QED) is 0.169. The Hall–Kier alpha value is -18.9. The minimum Gasteiger partial charge on any atom is -0.344 e. The molecule has 0 aliphatic heterocycles. The molecule has 0 atom stereocenters. The first-order valence-corrected chi connectivity index (χ1v) is 49.7. The number of aryl methyl sites for hydroxylation is 6. The summed E-state index contributed by atoms with van der Waals surface area (Å²) in [5, 5.41) is 27.4. The van der Waals surface area contributed by atoms with Crippen molar-refractivity contribution >= 4 is 229 Å². The van der Waals surface area contributed by atoms with E-state index in [4.69, 9.17) is 0 Å². The normalized spacial score (nSPS) is 11.8. The fourth-order valence-corrected chi connectivity index (χ4v) is 23.7. The SMILES string of the molecule is Cn1c2ccccc2c2c3c4ccccc4n(-c4ccccc4)c3ccc21.Cn1c2ccccc2c2cc3c(cc21)c1ccccc1n3-c1ccccc1.Cn1c2ccccc2c2cc3c4ccccc4n(-c4ccccc4)c3cc21.Cn1c2ccccc2c2ccc3c(c4ccccc4n3-c3ccccc3)c21.Cn1c2ccccc2c2ccc3c4ccccc4n(-c4ccccc4)c3c21.Cn1ccc2cccnc21.